The van der Waals surface area contributed by atoms with Crippen LogP contribution < -0.4 is 10.0 Å². The number of hydrogen-bond donors (Lipinski definition) is 2. The summed E-state index contributed by atoms with van der Waals surface area (Å²) in [6.45, 7) is 4.44. The zero-order valence-electron chi connectivity index (χ0n) is 12.3. The van der Waals surface area contributed by atoms with Crippen LogP contribution in [0.4, 0.5) is 0 Å². The van der Waals surface area contributed by atoms with Gasteiger partial charge in [0.15, 0.2) is 0 Å². The van der Waals surface area contributed by atoms with E-state index >= 15 is 0 Å². The maximum absolute atomic E-state index is 12.3. The lowest BCUT2D eigenvalue weighted by molar-refractivity contribution is 0.390. The Hall–Kier alpha value is -1.70. The highest BCUT2D eigenvalue weighted by molar-refractivity contribution is 7.89. The highest BCUT2D eigenvalue weighted by atomic mass is 32.2. The summed E-state index contributed by atoms with van der Waals surface area (Å²) in [5.74, 6) is 0.649. The minimum absolute atomic E-state index is 0.106. The Bertz CT molecular complexity index is 723. The van der Waals surface area contributed by atoms with E-state index in [1.54, 1.807) is 25.1 Å². The lowest BCUT2D eigenvalue weighted by Crippen LogP contribution is -2.23. The molecule has 0 unspecified atom stereocenters. The van der Waals surface area contributed by atoms with E-state index in [1.807, 2.05) is 20.0 Å². The van der Waals surface area contributed by atoms with Gasteiger partial charge < -0.3 is 9.84 Å². The molecule has 1 aromatic carbocycles. The van der Waals surface area contributed by atoms with Crippen LogP contribution in [0.25, 0.3) is 0 Å². The summed E-state index contributed by atoms with van der Waals surface area (Å²) < 4.78 is 32.0. The summed E-state index contributed by atoms with van der Waals surface area (Å²) in [5.41, 5.74) is 2.56. The van der Waals surface area contributed by atoms with E-state index in [-0.39, 0.29) is 11.4 Å². The molecule has 2 rings (SSSR count). The first-order chi connectivity index (χ1) is 9.92. The van der Waals surface area contributed by atoms with Crippen molar-refractivity contribution in [1.29, 1.82) is 0 Å². The molecule has 0 atom stereocenters. The zero-order chi connectivity index (χ0) is 15.5. The van der Waals surface area contributed by atoms with Crippen molar-refractivity contribution >= 4 is 10.0 Å². The summed E-state index contributed by atoms with van der Waals surface area (Å²) in [4.78, 5) is 0.249. The van der Waals surface area contributed by atoms with Crippen molar-refractivity contribution in [1.82, 2.24) is 15.2 Å². The van der Waals surface area contributed by atoms with Crippen molar-refractivity contribution in [2.24, 2.45) is 0 Å². The second-order valence-electron chi connectivity index (χ2n) is 4.87. The number of hydrogen-bond acceptors (Lipinski definition) is 5. The molecule has 0 amide bonds. The molecular weight excluding hydrogens is 290 g/mol. The van der Waals surface area contributed by atoms with E-state index in [0.29, 0.717) is 18.0 Å². The third kappa shape index (κ3) is 3.90. The first-order valence-corrected chi connectivity index (χ1v) is 8.06. The molecule has 0 aliphatic carbocycles. The Kier molecular flexibility index (Phi) is 4.76. The standard InChI is InChI=1S/C14H19N3O3S/c1-10-4-5-14(7-12(10)8-15-3)21(18,19)16-9-13-6-11(2)20-17-13/h4-7,15-16H,8-9H2,1-3H3. The van der Waals surface area contributed by atoms with Gasteiger partial charge in [-0.3, -0.25) is 0 Å². The van der Waals surface area contributed by atoms with Crippen LogP contribution in [0.5, 0.6) is 0 Å². The van der Waals surface area contributed by atoms with Crippen molar-refractivity contribution in [2.45, 2.75) is 31.8 Å². The fourth-order valence-electron chi connectivity index (χ4n) is 1.95. The van der Waals surface area contributed by atoms with E-state index in [2.05, 4.69) is 15.2 Å². The van der Waals surface area contributed by atoms with Crippen molar-refractivity contribution in [2.75, 3.05) is 7.05 Å². The number of benzene rings is 1. The number of sulfonamides is 1. The van der Waals surface area contributed by atoms with Gasteiger partial charge in [-0.05, 0) is 44.2 Å². The monoisotopic (exact) mass is 309 g/mol. The van der Waals surface area contributed by atoms with Gasteiger partial charge in [0, 0.05) is 12.6 Å². The van der Waals surface area contributed by atoms with E-state index in [9.17, 15) is 8.42 Å². The van der Waals surface area contributed by atoms with Gasteiger partial charge in [0.05, 0.1) is 17.1 Å². The quantitative estimate of drug-likeness (QED) is 0.844. The number of aryl methyl sites for hydroxylation is 2. The Labute approximate surface area is 124 Å². The van der Waals surface area contributed by atoms with E-state index in [1.165, 1.54) is 0 Å². The molecule has 0 spiro atoms. The Balaban J connectivity index is 2.17. The lowest BCUT2D eigenvalue weighted by Gasteiger charge is -2.10. The van der Waals surface area contributed by atoms with Crippen LogP contribution in [0.15, 0.2) is 33.7 Å². The summed E-state index contributed by atoms with van der Waals surface area (Å²) >= 11 is 0. The van der Waals surface area contributed by atoms with Crippen molar-refractivity contribution in [3.05, 3.63) is 46.8 Å². The van der Waals surface area contributed by atoms with Crippen LogP contribution in [0.1, 0.15) is 22.6 Å². The van der Waals surface area contributed by atoms with Gasteiger partial charge in [-0.25, -0.2) is 13.1 Å². The largest absolute Gasteiger partial charge is 0.361 e. The Morgan fingerprint density at radius 3 is 2.57 bits per heavy atom. The molecule has 0 saturated carbocycles. The first kappa shape index (κ1) is 15.7. The molecule has 6 nitrogen and oxygen atoms in total. The Morgan fingerprint density at radius 1 is 1.19 bits per heavy atom. The number of rotatable bonds is 6. The lowest BCUT2D eigenvalue weighted by atomic mass is 10.1. The minimum atomic E-state index is -3.57. The van der Waals surface area contributed by atoms with Crippen LogP contribution in [0.2, 0.25) is 0 Å². The second kappa shape index (κ2) is 6.38. The molecule has 0 saturated heterocycles. The van der Waals surface area contributed by atoms with Crippen molar-refractivity contribution in [3.63, 3.8) is 0 Å². The smallest absolute Gasteiger partial charge is 0.240 e. The molecule has 0 radical (unpaired) electrons. The highest BCUT2D eigenvalue weighted by Gasteiger charge is 2.16. The van der Waals surface area contributed by atoms with E-state index in [0.717, 1.165) is 11.1 Å². The fraction of sp³-hybridized carbons (Fsp3) is 0.357. The molecule has 1 heterocycles. The first-order valence-electron chi connectivity index (χ1n) is 6.58. The second-order valence-corrected chi connectivity index (χ2v) is 6.64. The maximum Gasteiger partial charge on any atom is 0.240 e. The minimum Gasteiger partial charge on any atom is -0.361 e. The van der Waals surface area contributed by atoms with Crippen LogP contribution in [-0.4, -0.2) is 20.6 Å². The molecule has 2 aromatic rings. The predicted octanol–water partition coefficient (Wildman–Crippen LogP) is 1.49. The summed E-state index contributed by atoms with van der Waals surface area (Å²) in [5, 5.41) is 6.79. The molecule has 2 N–H and O–H groups in total. The van der Waals surface area contributed by atoms with E-state index in [4.69, 9.17) is 4.52 Å². The molecule has 0 aliphatic heterocycles. The average molecular weight is 309 g/mol. The molecule has 0 fully saturated rings. The summed E-state index contributed by atoms with van der Waals surface area (Å²) in [7, 11) is -1.74. The van der Waals surface area contributed by atoms with Crippen LogP contribution in [0, 0.1) is 13.8 Å². The number of nitrogens with zero attached hydrogens (tertiary/aromatic N) is 1. The zero-order valence-corrected chi connectivity index (χ0v) is 13.1. The number of aromatic nitrogens is 1. The molecular formula is C14H19N3O3S. The van der Waals surface area contributed by atoms with Gasteiger partial charge in [-0.1, -0.05) is 11.2 Å². The number of nitrogens with one attached hydrogen (secondary N) is 2. The van der Waals surface area contributed by atoms with E-state index < -0.39 is 10.0 Å². The topological polar surface area (TPSA) is 84.2 Å². The average Bonchev–Trinajstić information content (AvgIpc) is 2.85. The summed E-state index contributed by atoms with van der Waals surface area (Å²) in [6.07, 6.45) is 0. The molecule has 7 heteroatoms. The van der Waals surface area contributed by atoms with Crippen molar-refractivity contribution < 1.29 is 12.9 Å². The Morgan fingerprint density at radius 2 is 1.95 bits per heavy atom. The van der Waals surface area contributed by atoms with Gasteiger partial charge in [-0.15, -0.1) is 0 Å². The van der Waals surface area contributed by atoms with Gasteiger partial charge in [0.2, 0.25) is 10.0 Å². The van der Waals surface area contributed by atoms with Crippen LogP contribution in [0.3, 0.4) is 0 Å². The molecule has 114 valence electrons. The third-order valence-corrected chi connectivity index (χ3v) is 4.52. The van der Waals surface area contributed by atoms with Gasteiger partial charge in [-0.2, -0.15) is 0 Å². The normalized spacial score (nSPS) is 11.8. The highest BCUT2D eigenvalue weighted by Crippen LogP contribution is 2.16. The third-order valence-electron chi connectivity index (χ3n) is 3.12. The predicted molar refractivity (Wildman–Crippen MR) is 79.2 cm³/mol. The maximum atomic E-state index is 12.3. The van der Waals surface area contributed by atoms with Crippen LogP contribution >= 0.6 is 0 Å². The SMILES string of the molecule is CNCc1cc(S(=O)(=O)NCc2cc(C)on2)ccc1C. The molecule has 1 aromatic heterocycles. The van der Waals surface area contributed by atoms with Crippen LogP contribution in [-0.2, 0) is 23.1 Å². The fourth-order valence-corrected chi connectivity index (χ4v) is 3.00. The molecule has 21 heavy (non-hydrogen) atoms. The van der Waals surface area contributed by atoms with Gasteiger partial charge >= 0.3 is 0 Å². The summed E-state index contributed by atoms with van der Waals surface area (Å²) in [6, 6.07) is 6.79. The van der Waals surface area contributed by atoms with Gasteiger partial charge in [0.25, 0.3) is 0 Å². The van der Waals surface area contributed by atoms with Gasteiger partial charge in [0.1, 0.15) is 5.76 Å². The molecule has 0 bridgehead atoms. The van der Waals surface area contributed by atoms with Crippen molar-refractivity contribution in [3.8, 4) is 0 Å². The molecule has 0 aliphatic rings.